The van der Waals surface area contributed by atoms with Crippen LogP contribution in [0.25, 0.3) is 0 Å². The van der Waals surface area contributed by atoms with Crippen LogP contribution in [-0.2, 0) is 9.59 Å². The molecular weight excluding hydrogens is 278 g/mol. The summed E-state index contributed by atoms with van der Waals surface area (Å²) in [6, 6.07) is 7.11. The monoisotopic (exact) mass is 303 g/mol. The predicted octanol–water partition coefficient (Wildman–Crippen LogP) is 4.03. The van der Waals surface area contributed by atoms with Gasteiger partial charge in [-0.2, -0.15) is 0 Å². The van der Waals surface area contributed by atoms with Gasteiger partial charge in [-0.3, -0.25) is 9.59 Å². The Bertz CT molecular complexity index is 535. The van der Waals surface area contributed by atoms with Crippen LogP contribution in [0.15, 0.2) is 24.3 Å². The Hall–Kier alpha value is -1.84. The molecule has 22 heavy (non-hydrogen) atoms. The second kappa shape index (κ2) is 7.43. The molecule has 1 fully saturated rings. The molecule has 2 rings (SSSR count). The minimum Gasteiger partial charge on any atom is -0.481 e. The molecule has 4 heteroatoms. The van der Waals surface area contributed by atoms with Gasteiger partial charge in [0.1, 0.15) is 0 Å². The number of rotatable bonds is 6. The number of nitrogens with one attached hydrogen (secondary N) is 1. The number of hydrogen-bond donors (Lipinski definition) is 2. The first kappa shape index (κ1) is 16.5. The molecule has 4 nitrogen and oxygen atoms in total. The zero-order valence-corrected chi connectivity index (χ0v) is 13.3. The largest absolute Gasteiger partial charge is 0.481 e. The summed E-state index contributed by atoms with van der Waals surface area (Å²) >= 11 is 0. The predicted molar refractivity (Wildman–Crippen MR) is 86.9 cm³/mol. The summed E-state index contributed by atoms with van der Waals surface area (Å²) < 4.78 is 0. The van der Waals surface area contributed by atoms with E-state index in [4.69, 9.17) is 5.11 Å². The topological polar surface area (TPSA) is 66.4 Å². The third-order valence-corrected chi connectivity index (χ3v) is 4.63. The van der Waals surface area contributed by atoms with E-state index in [-0.39, 0.29) is 11.8 Å². The lowest BCUT2D eigenvalue weighted by molar-refractivity contribution is -0.138. The van der Waals surface area contributed by atoms with Crippen LogP contribution in [-0.4, -0.2) is 17.0 Å². The van der Waals surface area contributed by atoms with E-state index < -0.39 is 11.9 Å². The van der Waals surface area contributed by atoms with Crippen molar-refractivity contribution in [3.05, 3.63) is 29.8 Å². The number of carbonyl (C=O) groups is 2. The quantitative estimate of drug-likeness (QED) is 0.833. The minimum absolute atomic E-state index is 0.0105. The van der Waals surface area contributed by atoms with E-state index in [9.17, 15) is 9.59 Å². The molecule has 1 aliphatic rings. The smallest absolute Gasteiger partial charge is 0.310 e. The molecule has 0 saturated heterocycles. The Morgan fingerprint density at radius 3 is 2.59 bits per heavy atom. The lowest BCUT2D eigenvalue weighted by atomic mass is 9.94. The molecule has 120 valence electrons. The molecule has 2 unspecified atom stereocenters. The van der Waals surface area contributed by atoms with Crippen molar-refractivity contribution in [3.63, 3.8) is 0 Å². The summed E-state index contributed by atoms with van der Waals surface area (Å²) in [5.74, 6) is -0.749. The van der Waals surface area contributed by atoms with E-state index in [2.05, 4.69) is 5.32 Å². The van der Waals surface area contributed by atoms with Gasteiger partial charge in [-0.1, -0.05) is 44.7 Å². The highest BCUT2D eigenvalue weighted by atomic mass is 16.4. The zero-order chi connectivity index (χ0) is 16.1. The van der Waals surface area contributed by atoms with Crippen molar-refractivity contribution in [2.45, 2.75) is 51.9 Å². The molecule has 0 aliphatic heterocycles. The summed E-state index contributed by atoms with van der Waals surface area (Å²) in [5, 5.41) is 12.0. The molecular formula is C18H25NO3. The van der Waals surface area contributed by atoms with Crippen molar-refractivity contribution >= 4 is 17.6 Å². The summed E-state index contributed by atoms with van der Waals surface area (Å²) in [4.78, 5) is 23.3. The first-order valence-electron chi connectivity index (χ1n) is 8.11. The first-order chi connectivity index (χ1) is 10.5. The summed E-state index contributed by atoms with van der Waals surface area (Å²) in [6.07, 6.45) is 5.99. The summed E-state index contributed by atoms with van der Waals surface area (Å²) in [6.45, 7) is 3.61. The minimum atomic E-state index is -0.863. The number of carbonyl (C=O) groups excluding carboxylic acids is 1. The Kier molecular flexibility index (Phi) is 5.58. The van der Waals surface area contributed by atoms with Gasteiger partial charge in [-0.15, -0.1) is 0 Å². The maximum absolute atomic E-state index is 12.3. The van der Waals surface area contributed by atoms with Crippen LogP contribution in [0, 0.1) is 11.8 Å². The highest BCUT2D eigenvalue weighted by Gasteiger charge is 2.22. The highest BCUT2D eigenvalue weighted by molar-refractivity contribution is 5.92. The molecule has 1 amide bonds. The third-order valence-electron chi connectivity index (χ3n) is 4.63. The lowest BCUT2D eigenvalue weighted by Gasteiger charge is -2.17. The van der Waals surface area contributed by atoms with Crippen LogP contribution in [0.4, 0.5) is 5.69 Å². The van der Waals surface area contributed by atoms with Crippen LogP contribution < -0.4 is 5.32 Å². The molecule has 0 aromatic heterocycles. The van der Waals surface area contributed by atoms with Crippen LogP contribution in [0.2, 0.25) is 0 Å². The van der Waals surface area contributed by atoms with Crippen molar-refractivity contribution in [3.8, 4) is 0 Å². The number of carboxylic acids is 1. The molecule has 2 atom stereocenters. The maximum Gasteiger partial charge on any atom is 0.310 e. The number of benzene rings is 1. The van der Waals surface area contributed by atoms with Gasteiger partial charge in [-0.05, 0) is 37.0 Å². The van der Waals surface area contributed by atoms with E-state index >= 15 is 0 Å². The van der Waals surface area contributed by atoms with Crippen molar-refractivity contribution in [1.29, 1.82) is 0 Å². The van der Waals surface area contributed by atoms with Gasteiger partial charge in [-0.25, -0.2) is 0 Å². The molecule has 1 saturated carbocycles. The van der Waals surface area contributed by atoms with E-state index in [0.29, 0.717) is 17.2 Å². The fourth-order valence-electron chi connectivity index (χ4n) is 3.15. The SMILES string of the molecule is CC(CC1CCCC1)C(=O)Nc1cccc(C(C)C(=O)O)c1. The summed E-state index contributed by atoms with van der Waals surface area (Å²) in [5.41, 5.74) is 1.38. The van der Waals surface area contributed by atoms with Crippen molar-refractivity contribution in [2.75, 3.05) is 5.32 Å². The number of anilines is 1. The number of hydrogen-bond acceptors (Lipinski definition) is 2. The van der Waals surface area contributed by atoms with Crippen molar-refractivity contribution < 1.29 is 14.7 Å². The Balaban J connectivity index is 1.95. The molecule has 2 N–H and O–H groups in total. The van der Waals surface area contributed by atoms with Gasteiger partial charge in [0, 0.05) is 11.6 Å². The first-order valence-corrected chi connectivity index (χ1v) is 8.11. The van der Waals surface area contributed by atoms with Crippen molar-refractivity contribution in [2.24, 2.45) is 11.8 Å². The molecule has 1 aromatic carbocycles. The normalized spacial score (nSPS) is 17.9. The molecule has 1 aliphatic carbocycles. The van der Waals surface area contributed by atoms with E-state index in [1.807, 2.05) is 6.92 Å². The zero-order valence-electron chi connectivity index (χ0n) is 13.3. The van der Waals surface area contributed by atoms with Gasteiger partial charge in [0.15, 0.2) is 0 Å². The van der Waals surface area contributed by atoms with E-state index in [1.54, 1.807) is 31.2 Å². The van der Waals surface area contributed by atoms with E-state index in [1.165, 1.54) is 25.7 Å². The van der Waals surface area contributed by atoms with Crippen LogP contribution in [0.3, 0.4) is 0 Å². The van der Waals surface area contributed by atoms with Gasteiger partial charge in [0.05, 0.1) is 5.92 Å². The maximum atomic E-state index is 12.3. The second-order valence-corrected chi connectivity index (χ2v) is 6.46. The Labute approximate surface area is 131 Å². The fourth-order valence-corrected chi connectivity index (χ4v) is 3.15. The number of amides is 1. The fraction of sp³-hybridized carbons (Fsp3) is 0.556. The average molecular weight is 303 g/mol. The molecule has 0 heterocycles. The molecule has 1 aromatic rings. The van der Waals surface area contributed by atoms with Crippen LogP contribution >= 0.6 is 0 Å². The summed E-state index contributed by atoms with van der Waals surface area (Å²) in [7, 11) is 0. The average Bonchev–Trinajstić information content (AvgIpc) is 2.99. The van der Waals surface area contributed by atoms with Crippen molar-refractivity contribution in [1.82, 2.24) is 0 Å². The van der Waals surface area contributed by atoms with Gasteiger partial charge in [0.2, 0.25) is 5.91 Å². The van der Waals surface area contributed by atoms with Gasteiger partial charge in [0.25, 0.3) is 0 Å². The standard InChI is InChI=1S/C18H25NO3/c1-12(10-14-6-3-4-7-14)17(20)19-16-9-5-8-15(11-16)13(2)18(21)22/h5,8-9,11-14H,3-4,6-7,10H2,1-2H3,(H,19,20)(H,21,22). The number of carboxylic acid groups (broad SMARTS) is 1. The Morgan fingerprint density at radius 2 is 1.95 bits per heavy atom. The molecule has 0 radical (unpaired) electrons. The van der Waals surface area contributed by atoms with Gasteiger partial charge >= 0.3 is 5.97 Å². The van der Waals surface area contributed by atoms with Gasteiger partial charge < -0.3 is 10.4 Å². The second-order valence-electron chi connectivity index (χ2n) is 6.46. The van der Waals surface area contributed by atoms with Crippen LogP contribution in [0.1, 0.15) is 57.4 Å². The lowest BCUT2D eigenvalue weighted by Crippen LogP contribution is -2.22. The third kappa shape index (κ3) is 4.33. The molecule has 0 spiro atoms. The Morgan fingerprint density at radius 1 is 1.27 bits per heavy atom. The number of aliphatic carboxylic acids is 1. The highest BCUT2D eigenvalue weighted by Crippen LogP contribution is 2.30. The van der Waals surface area contributed by atoms with Crippen LogP contribution in [0.5, 0.6) is 0 Å². The van der Waals surface area contributed by atoms with E-state index in [0.717, 1.165) is 6.42 Å². The molecule has 0 bridgehead atoms.